The number of rotatable bonds is 4. The number of aryl methyl sites for hydroxylation is 2. The average molecular weight is 387 g/mol. The van der Waals surface area contributed by atoms with E-state index in [1.807, 2.05) is 29.2 Å². The summed E-state index contributed by atoms with van der Waals surface area (Å²) < 4.78 is 0. The zero-order valence-corrected chi connectivity index (χ0v) is 16.8. The lowest BCUT2D eigenvalue weighted by Gasteiger charge is -2.35. The van der Waals surface area contributed by atoms with Gasteiger partial charge in [0.25, 0.3) is 5.91 Å². The molecule has 6 heteroatoms. The third kappa shape index (κ3) is 4.54. The number of hydrogen-bond donors (Lipinski definition) is 1. The van der Waals surface area contributed by atoms with E-state index in [0.29, 0.717) is 18.8 Å². The number of amides is 1. The normalized spacial score (nSPS) is 14.0. The largest absolute Gasteiger partial charge is 0.354 e. The number of pyridine rings is 2. The number of carbonyl (C=O) groups is 1. The van der Waals surface area contributed by atoms with Crippen molar-refractivity contribution in [1.29, 1.82) is 0 Å². The molecule has 0 bridgehead atoms. The standard InChI is InChI=1S/C23H25N5O/c1-17-13-18(2)15-20(14-17)26-19-6-7-21(25-16-19)23(29)28-11-9-27(10-12-28)22-5-3-4-8-24-22/h3-8,13-16,26H,9-12H2,1-2H3. The number of benzene rings is 1. The molecular formula is C23H25N5O. The van der Waals surface area contributed by atoms with E-state index >= 15 is 0 Å². The Labute approximate surface area is 171 Å². The molecule has 3 heterocycles. The second-order valence-electron chi connectivity index (χ2n) is 7.40. The van der Waals surface area contributed by atoms with E-state index in [1.165, 1.54) is 11.1 Å². The van der Waals surface area contributed by atoms with Crippen LogP contribution in [0.4, 0.5) is 17.2 Å². The minimum absolute atomic E-state index is 0.0244. The third-order valence-corrected chi connectivity index (χ3v) is 5.03. The molecule has 6 nitrogen and oxygen atoms in total. The van der Waals surface area contributed by atoms with Gasteiger partial charge in [0, 0.05) is 38.1 Å². The van der Waals surface area contributed by atoms with Gasteiger partial charge >= 0.3 is 0 Å². The SMILES string of the molecule is Cc1cc(C)cc(Nc2ccc(C(=O)N3CCN(c4ccccn4)CC3)nc2)c1. The number of nitrogens with one attached hydrogen (secondary N) is 1. The van der Waals surface area contributed by atoms with Gasteiger partial charge in [0.05, 0.1) is 11.9 Å². The van der Waals surface area contributed by atoms with Gasteiger partial charge in [-0.1, -0.05) is 12.1 Å². The van der Waals surface area contributed by atoms with Crippen LogP contribution in [0, 0.1) is 13.8 Å². The van der Waals surface area contributed by atoms with Crippen molar-refractivity contribution in [2.45, 2.75) is 13.8 Å². The van der Waals surface area contributed by atoms with Crippen LogP contribution in [0.2, 0.25) is 0 Å². The molecule has 1 N–H and O–H groups in total. The highest BCUT2D eigenvalue weighted by molar-refractivity contribution is 5.92. The Balaban J connectivity index is 1.37. The van der Waals surface area contributed by atoms with Crippen LogP contribution in [0.15, 0.2) is 60.9 Å². The summed E-state index contributed by atoms with van der Waals surface area (Å²) in [7, 11) is 0. The van der Waals surface area contributed by atoms with Gasteiger partial charge in [-0.15, -0.1) is 0 Å². The molecule has 1 amide bonds. The van der Waals surface area contributed by atoms with Crippen LogP contribution in [0.1, 0.15) is 21.6 Å². The maximum absolute atomic E-state index is 12.8. The van der Waals surface area contributed by atoms with E-state index in [4.69, 9.17) is 0 Å². The van der Waals surface area contributed by atoms with Gasteiger partial charge in [-0.3, -0.25) is 4.79 Å². The van der Waals surface area contributed by atoms with Gasteiger partial charge in [0.15, 0.2) is 0 Å². The van der Waals surface area contributed by atoms with E-state index in [2.05, 4.69) is 52.2 Å². The molecule has 3 aromatic rings. The number of anilines is 3. The highest BCUT2D eigenvalue weighted by atomic mass is 16.2. The fourth-order valence-corrected chi connectivity index (χ4v) is 3.65. The highest BCUT2D eigenvalue weighted by Gasteiger charge is 2.23. The summed E-state index contributed by atoms with van der Waals surface area (Å²) in [5.74, 6) is 0.933. The van der Waals surface area contributed by atoms with Crippen LogP contribution in [0.5, 0.6) is 0 Å². The van der Waals surface area contributed by atoms with Crippen molar-refractivity contribution in [3.63, 3.8) is 0 Å². The van der Waals surface area contributed by atoms with Crippen molar-refractivity contribution in [3.05, 3.63) is 77.7 Å². The van der Waals surface area contributed by atoms with Crippen molar-refractivity contribution in [2.24, 2.45) is 0 Å². The molecule has 0 unspecified atom stereocenters. The molecule has 0 atom stereocenters. The first kappa shape index (κ1) is 18.9. The minimum Gasteiger partial charge on any atom is -0.354 e. The van der Waals surface area contributed by atoms with Crippen LogP contribution in [-0.4, -0.2) is 47.0 Å². The molecule has 0 radical (unpaired) electrons. The quantitative estimate of drug-likeness (QED) is 0.738. The Hall–Kier alpha value is -3.41. The van der Waals surface area contributed by atoms with Crippen molar-refractivity contribution < 1.29 is 4.79 Å². The molecular weight excluding hydrogens is 362 g/mol. The lowest BCUT2D eigenvalue weighted by atomic mass is 10.1. The zero-order valence-electron chi connectivity index (χ0n) is 16.8. The summed E-state index contributed by atoms with van der Waals surface area (Å²) in [5.41, 5.74) is 4.78. The van der Waals surface area contributed by atoms with Crippen molar-refractivity contribution in [1.82, 2.24) is 14.9 Å². The summed E-state index contributed by atoms with van der Waals surface area (Å²) in [6.07, 6.45) is 3.51. The summed E-state index contributed by atoms with van der Waals surface area (Å²) in [6.45, 7) is 7.03. The molecule has 29 heavy (non-hydrogen) atoms. The van der Waals surface area contributed by atoms with Crippen LogP contribution >= 0.6 is 0 Å². The molecule has 1 fully saturated rings. The van der Waals surface area contributed by atoms with Gasteiger partial charge in [-0.2, -0.15) is 0 Å². The molecule has 2 aromatic heterocycles. The van der Waals surface area contributed by atoms with Gasteiger partial charge in [-0.25, -0.2) is 9.97 Å². The number of hydrogen-bond acceptors (Lipinski definition) is 5. The second kappa shape index (κ2) is 8.31. The first-order valence-electron chi connectivity index (χ1n) is 9.85. The minimum atomic E-state index is -0.0244. The Kier molecular flexibility index (Phi) is 5.42. The van der Waals surface area contributed by atoms with E-state index in [-0.39, 0.29) is 5.91 Å². The fourth-order valence-electron chi connectivity index (χ4n) is 3.65. The molecule has 148 valence electrons. The van der Waals surface area contributed by atoms with Gasteiger partial charge in [0.2, 0.25) is 0 Å². The van der Waals surface area contributed by atoms with Crippen LogP contribution in [-0.2, 0) is 0 Å². The zero-order chi connectivity index (χ0) is 20.2. The first-order valence-corrected chi connectivity index (χ1v) is 9.85. The monoisotopic (exact) mass is 387 g/mol. The van der Waals surface area contributed by atoms with Crippen LogP contribution in [0.25, 0.3) is 0 Å². The van der Waals surface area contributed by atoms with Gasteiger partial charge < -0.3 is 15.1 Å². The second-order valence-corrected chi connectivity index (χ2v) is 7.40. The topological polar surface area (TPSA) is 61.4 Å². The summed E-state index contributed by atoms with van der Waals surface area (Å²) in [5, 5.41) is 3.35. The predicted octanol–water partition coefficient (Wildman–Crippen LogP) is 3.80. The average Bonchev–Trinajstić information content (AvgIpc) is 2.74. The highest BCUT2D eigenvalue weighted by Crippen LogP contribution is 2.20. The van der Waals surface area contributed by atoms with Crippen molar-refractivity contribution >= 4 is 23.1 Å². The molecule has 1 aromatic carbocycles. The van der Waals surface area contributed by atoms with E-state index < -0.39 is 0 Å². The number of nitrogens with zero attached hydrogens (tertiary/aromatic N) is 4. The fraction of sp³-hybridized carbons (Fsp3) is 0.261. The van der Waals surface area contributed by atoms with Gasteiger partial charge in [0.1, 0.15) is 11.5 Å². The lowest BCUT2D eigenvalue weighted by Crippen LogP contribution is -2.49. The lowest BCUT2D eigenvalue weighted by molar-refractivity contribution is 0.0740. The molecule has 1 saturated heterocycles. The smallest absolute Gasteiger partial charge is 0.272 e. The number of aromatic nitrogens is 2. The van der Waals surface area contributed by atoms with Gasteiger partial charge in [-0.05, 0) is 61.4 Å². The van der Waals surface area contributed by atoms with E-state index in [9.17, 15) is 4.79 Å². The molecule has 4 rings (SSSR count). The maximum atomic E-state index is 12.8. The Morgan fingerprint density at radius 3 is 2.28 bits per heavy atom. The predicted molar refractivity (Wildman–Crippen MR) is 116 cm³/mol. The molecule has 0 spiro atoms. The summed E-state index contributed by atoms with van der Waals surface area (Å²) in [6, 6.07) is 15.9. The van der Waals surface area contributed by atoms with E-state index in [0.717, 1.165) is 30.3 Å². The first-order chi connectivity index (χ1) is 14.1. The Bertz CT molecular complexity index is 960. The van der Waals surface area contributed by atoms with Crippen molar-refractivity contribution in [3.8, 4) is 0 Å². The molecule has 1 aliphatic rings. The molecule has 0 saturated carbocycles. The Morgan fingerprint density at radius 2 is 1.66 bits per heavy atom. The maximum Gasteiger partial charge on any atom is 0.272 e. The summed E-state index contributed by atoms with van der Waals surface area (Å²) in [4.78, 5) is 25.7. The molecule has 0 aliphatic carbocycles. The number of piperazine rings is 1. The number of carbonyl (C=O) groups excluding carboxylic acids is 1. The summed E-state index contributed by atoms with van der Waals surface area (Å²) >= 11 is 0. The third-order valence-electron chi connectivity index (χ3n) is 5.03. The molecule has 1 aliphatic heterocycles. The van der Waals surface area contributed by atoms with Crippen molar-refractivity contribution in [2.75, 3.05) is 36.4 Å². The van der Waals surface area contributed by atoms with Crippen LogP contribution < -0.4 is 10.2 Å². The Morgan fingerprint density at radius 1 is 0.897 bits per heavy atom. The van der Waals surface area contributed by atoms with E-state index in [1.54, 1.807) is 18.5 Å². The van der Waals surface area contributed by atoms with Crippen LogP contribution in [0.3, 0.4) is 0 Å².